The van der Waals surface area contributed by atoms with E-state index in [1.54, 1.807) is 24.3 Å². The third kappa shape index (κ3) is 6.47. The number of carbonyl (C=O) groups excluding carboxylic acids is 2. The molecule has 0 saturated heterocycles. The Morgan fingerprint density at radius 2 is 1.88 bits per heavy atom. The molecule has 1 aromatic carbocycles. The fourth-order valence-electron chi connectivity index (χ4n) is 1.97. The molecule has 1 heterocycles. The molecule has 0 aliphatic heterocycles. The monoisotopic (exact) mass is 378 g/mol. The fraction of sp³-hybridized carbons (Fsp3) is 0.412. The Labute approximate surface area is 155 Å². The summed E-state index contributed by atoms with van der Waals surface area (Å²) < 4.78 is 0.774. The van der Waals surface area contributed by atoms with Crippen LogP contribution < -0.4 is 10.6 Å². The van der Waals surface area contributed by atoms with Crippen molar-refractivity contribution in [3.8, 4) is 0 Å². The van der Waals surface area contributed by atoms with Crippen molar-refractivity contribution >= 4 is 45.6 Å². The summed E-state index contributed by atoms with van der Waals surface area (Å²) in [5, 5.41) is 14.9. The molecule has 0 bridgehead atoms. The van der Waals surface area contributed by atoms with E-state index in [-0.39, 0.29) is 11.7 Å². The van der Waals surface area contributed by atoms with E-state index in [9.17, 15) is 9.59 Å². The number of thioether (sulfide) groups is 1. The van der Waals surface area contributed by atoms with E-state index in [0.717, 1.165) is 28.9 Å². The third-order valence-corrected chi connectivity index (χ3v) is 5.24. The van der Waals surface area contributed by atoms with E-state index in [0.29, 0.717) is 23.4 Å². The van der Waals surface area contributed by atoms with Crippen LogP contribution in [0.2, 0.25) is 0 Å². The maximum atomic E-state index is 12.3. The van der Waals surface area contributed by atoms with Gasteiger partial charge in [0, 0.05) is 24.2 Å². The molecular weight excluding hydrogens is 356 g/mol. The van der Waals surface area contributed by atoms with Gasteiger partial charge in [0.2, 0.25) is 11.0 Å². The molecule has 0 unspecified atom stereocenters. The predicted octanol–water partition coefficient (Wildman–Crippen LogP) is 4.07. The first-order valence-electron chi connectivity index (χ1n) is 8.25. The van der Waals surface area contributed by atoms with Gasteiger partial charge >= 0.3 is 0 Å². The second-order valence-corrected chi connectivity index (χ2v) is 7.59. The number of carbonyl (C=O) groups is 2. The lowest BCUT2D eigenvalue weighted by atomic mass is 10.1. The number of nitrogens with zero attached hydrogens (tertiary/aromatic N) is 2. The maximum Gasteiger partial charge on any atom is 0.224 e. The van der Waals surface area contributed by atoms with Crippen LogP contribution in [0.3, 0.4) is 0 Å². The summed E-state index contributed by atoms with van der Waals surface area (Å²) in [6.45, 7) is 4.90. The minimum absolute atomic E-state index is 0.0131. The van der Waals surface area contributed by atoms with Crippen LogP contribution in [0.5, 0.6) is 0 Å². The highest BCUT2D eigenvalue weighted by molar-refractivity contribution is 8.01. The molecule has 0 atom stereocenters. The molecule has 0 spiro atoms. The zero-order chi connectivity index (χ0) is 18.1. The Balaban J connectivity index is 1.84. The molecule has 2 rings (SSSR count). The topological polar surface area (TPSA) is 84.0 Å². The predicted molar refractivity (Wildman–Crippen MR) is 104 cm³/mol. The molecule has 8 heteroatoms. The summed E-state index contributed by atoms with van der Waals surface area (Å²) in [6, 6.07) is 6.98. The van der Waals surface area contributed by atoms with E-state index in [4.69, 9.17) is 0 Å². The number of aromatic nitrogens is 2. The van der Waals surface area contributed by atoms with Gasteiger partial charge in [-0.05, 0) is 37.1 Å². The molecule has 2 aromatic rings. The summed E-state index contributed by atoms with van der Waals surface area (Å²) in [6.07, 6.45) is 2.32. The van der Waals surface area contributed by atoms with Crippen LogP contribution in [0.25, 0.3) is 0 Å². The zero-order valence-electron chi connectivity index (χ0n) is 14.4. The lowest BCUT2D eigenvalue weighted by Crippen LogP contribution is -2.10. The number of amides is 1. The van der Waals surface area contributed by atoms with E-state index in [2.05, 4.69) is 27.8 Å². The molecule has 2 N–H and O–H groups in total. The average Bonchev–Trinajstić information content (AvgIpc) is 3.06. The maximum absolute atomic E-state index is 12.3. The molecule has 6 nitrogen and oxygen atoms in total. The van der Waals surface area contributed by atoms with Crippen LogP contribution in [-0.4, -0.2) is 34.2 Å². The van der Waals surface area contributed by atoms with E-state index in [1.807, 2.05) is 6.92 Å². The number of Topliss-reactive ketones (excluding diaryl/α,β-unsaturated/α-hetero) is 1. The van der Waals surface area contributed by atoms with Crippen LogP contribution in [0.15, 0.2) is 28.6 Å². The lowest BCUT2D eigenvalue weighted by molar-refractivity contribution is -0.116. The van der Waals surface area contributed by atoms with Crippen molar-refractivity contribution in [2.75, 3.05) is 22.9 Å². The molecule has 0 fully saturated rings. The van der Waals surface area contributed by atoms with Gasteiger partial charge in [0.05, 0.1) is 5.75 Å². The summed E-state index contributed by atoms with van der Waals surface area (Å²) in [4.78, 5) is 23.8. The lowest BCUT2D eigenvalue weighted by Gasteiger charge is -2.05. The Kier molecular flexibility index (Phi) is 7.87. The van der Waals surface area contributed by atoms with E-state index < -0.39 is 0 Å². The third-order valence-electron chi connectivity index (χ3n) is 3.23. The van der Waals surface area contributed by atoms with Crippen molar-refractivity contribution in [1.29, 1.82) is 0 Å². The fourth-order valence-corrected chi connectivity index (χ4v) is 3.64. The van der Waals surface area contributed by atoms with Crippen molar-refractivity contribution < 1.29 is 9.59 Å². The highest BCUT2D eigenvalue weighted by Gasteiger charge is 2.10. The molecule has 134 valence electrons. The molecule has 0 radical (unpaired) electrons. The van der Waals surface area contributed by atoms with Crippen molar-refractivity contribution in [2.24, 2.45) is 0 Å². The molecule has 0 saturated carbocycles. The van der Waals surface area contributed by atoms with Gasteiger partial charge in [-0.3, -0.25) is 9.59 Å². The number of hydrogen-bond acceptors (Lipinski definition) is 7. The normalized spacial score (nSPS) is 10.5. The number of anilines is 2. The summed E-state index contributed by atoms with van der Waals surface area (Å²) >= 11 is 2.84. The van der Waals surface area contributed by atoms with Crippen molar-refractivity contribution in [3.05, 3.63) is 29.8 Å². The number of hydrogen-bond donors (Lipinski definition) is 2. The Morgan fingerprint density at radius 1 is 1.12 bits per heavy atom. The van der Waals surface area contributed by atoms with Crippen molar-refractivity contribution in [1.82, 2.24) is 10.2 Å². The number of rotatable bonds is 10. The van der Waals surface area contributed by atoms with Gasteiger partial charge in [0.25, 0.3) is 0 Å². The molecule has 0 aliphatic rings. The highest BCUT2D eigenvalue weighted by Crippen LogP contribution is 2.26. The van der Waals surface area contributed by atoms with Crippen LogP contribution in [0.4, 0.5) is 10.8 Å². The van der Waals surface area contributed by atoms with E-state index in [1.165, 1.54) is 23.1 Å². The number of benzene rings is 1. The van der Waals surface area contributed by atoms with Crippen molar-refractivity contribution in [2.45, 2.75) is 37.4 Å². The minimum Gasteiger partial charge on any atom is -0.360 e. The second-order valence-electron chi connectivity index (χ2n) is 5.39. The van der Waals surface area contributed by atoms with Crippen molar-refractivity contribution in [3.63, 3.8) is 0 Å². The zero-order valence-corrected chi connectivity index (χ0v) is 16.0. The quantitative estimate of drug-likeness (QED) is 0.479. The Morgan fingerprint density at radius 3 is 2.56 bits per heavy atom. The molecule has 25 heavy (non-hydrogen) atoms. The molecular formula is C17H22N4O2S2. The SMILES string of the molecule is CCCNc1nnc(SCC(=O)c2ccc(NC(=O)CCC)cc2)s1. The Hall–Kier alpha value is -1.93. The van der Waals surface area contributed by atoms with Crippen LogP contribution in [-0.2, 0) is 4.79 Å². The first-order chi connectivity index (χ1) is 12.1. The molecule has 1 amide bonds. The van der Waals surface area contributed by atoms with Gasteiger partial charge in [-0.25, -0.2) is 0 Å². The Bertz CT molecular complexity index is 701. The smallest absolute Gasteiger partial charge is 0.224 e. The van der Waals surface area contributed by atoms with Crippen LogP contribution >= 0.6 is 23.1 Å². The van der Waals surface area contributed by atoms with Gasteiger partial charge in [-0.2, -0.15) is 0 Å². The van der Waals surface area contributed by atoms with Gasteiger partial charge in [0.1, 0.15) is 0 Å². The first-order valence-corrected chi connectivity index (χ1v) is 10.1. The van der Waals surface area contributed by atoms with Gasteiger partial charge in [-0.1, -0.05) is 36.9 Å². The largest absolute Gasteiger partial charge is 0.360 e. The summed E-state index contributed by atoms with van der Waals surface area (Å²) in [5.74, 6) is 0.319. The molecule has 0 aliphatic carbocycles. The van der Waals surface area contributed by atoms with Crippen LogP contribution in [0, 0.1) is 0 Å². The summed E-state index contributed by atoms with van der Waals surface area (Å²) in [5.41, 5.74) is 1.33. The molecule has 1 aromatic heterocycles. The number of ketones is 1. The van der Waals surface area contributed by atoms with Gasteiger partial charge < -0.3 is 10.6 Å². The number of nitrogens with one attached hydrogen (secondary N) is 2. The van der Waals surface area contributed by atoms with Gasteiger partial charge in [-0.15, -0.1) is 10.2 Å². The highest BCUT2D eigenvalue weighted by atomic mass is 32.2. The standard InChI is InChI=1S/C17H22N4O2S2/c1-3-5-15(23)19-13-8-6-12(7-9-13)14(22)11-24-17-21-20-16(25-17)18-10-4-2/h6-9H,3-5,10-11H2,1-2H3,(H,18,20)(H,19,23). The first kappa shape index (κ1) is 19.4. The van der Waals surface area contributed by atoms with Gasteiger partial charge in [0.15, 0.2) is 10.1 Å². The average molecular weight is 379 g/mol. The summed E-state index contributed by atoms with van der Waals surface area (Å²) in [7, 11) is 0. The minimum atomic E-state index is -0.0131. The van der Waals surface area contributed by atoms with E-state index >= 15 is 0 Å². The van der Waals surface area contributed by atoms with Crippen LogP contribution in [0.1, 0.15) is 43.5 Å². The second kappa shape index (κ2) is 10.1.